The van der Waals surface area contributed by atoms with Gasteiger partial charge in [0.25, 0.3) is 5.91 Å². The molecule has 0 aliphatic rings. The quantitative estimate of drug-likeness (QED) is 0.736. The number of carboxylic acids is 1. The van der Waals surface area contributed by atoms with Crippen molar-refractivity contribution in [2.75, 3.05) is 0 Å². The van der Waals surface area contributed by atoms with Crippen molar-refractivity contribution in [1.82, 2.24) is 15.1 Å². The first-order valence-electron chi connectivity index (χ1n) is 7.45. The Kier molecular flexibility index (Phi) is 4.81. The van der Waals surface area contributed by atoms with Crippen molar-refractivity contribution in [3.8, 4) is 5.69 Å². The smallest absolute Gasteiger partial charge is 0.330 e. The number of carbonyl (C=O) groups is 2. The second-order valence-electron chi connectivity index (χ2n) is 5.25. The molecule has 1 heterocycles. The summed E-state index contributed by atoms with van der Waals surface area (Å²) in [5, 5.41) is 16.5. The van der Waals surface area contributed by atoms with Crippen LogP contribution in [-0.4, -0.2) is 26.8 Å². The Hall–Kier alpha value is -3.12. The van der Waals surface area contributed by atoms with Crippen molar-refractivity contribution in [3.63, 3.8) is 0 Å². The average Bonchev–Trinajstić information content (AvgIpc) is 3.10. The van der Waals surface area contributed by atoms with Crippen LogP contribution in [0.2, 0.25) is 5.02 Å². The van der Waals surface area contributed by atoms with Gasteiger partial charge < -0.3 is 10.4 Å². The van der Waals surface area contributed by atoms with Crippen molar-refractivity contribution in [1.29, 1.82) is 0 Å². The maximum atomic E-state index is 12.4. The van der Waals surface area contributed by atoms with Gasteiger partial charge in [0, 0.05) is 6.20 Å². The molecular formula is C18H14ClN3O3. The number of nitrogens with zero attached hydrogens (tertiary/aromatic N) is 2. The fourth-order valence-electron chi connectivity index (χ4n) is 2.35. The molecule has 0 radical (unpaired) electrons. The van der Waals surface area contributed by atoms with Gasteiger partial charge in [-0.2, -0.15) is 5.10 Å². The van der Waals surface area contributed by atoms with Gasteiger partial charge in [-0.3, -0.25) is 4.79 Å². The van der Waals surface area contributed by atoms with E-state index in [9.17, 15) is 14.7 Å². The second kappa shape index (κ2) is 7.19. The summed E-state index contributed by atoms with van der Waals surface area (Å²) in [6.45, 7) is 0. The number of nitrogens with one attached hydrogen (secondary N) is 1. The molecule has 1 amide bonds. The van der Waals surface area contributed by atoms with E-state index in [1.165, 1.54) is 10.7 Å². The summed E-state index contributed by atoms with van der Waals surface area (Å²) in [6, 6.07) is 15.9. The number of rotatable bonds is 5. The Morgan fingerprint density at radius 3 is 2.40 bits per heavy atom. The summed E-state index contributed by atoms with van der Waals surface area (Å²) in [5.74, 6) is -1.73. The zero-order valence-electron chi connectivity index (χ0n) is 13.0. The van der Waals surface area contributed by atoms with Gasteiger partial charge in [0.1, 0.15) is 0 Å². The lowest BCUT2D eigenvalue weighted by Gasteiger charge is -2.14. The largest absolute Gasteiger partial charge is 0.479 e. The minimum atomic E-state index is -1.15. The summed E-state index contributed by atoms with van der Waals surface area (Å²) in [5.41, 5.74) is 1.21. The summed E-state index contributed by atoms with van der Waals surface area (Å²) < 4.78 is 1.47. The van der Waals surface area contributed by atoms with Gasteiger partial charge in [0.2, 0.25) is 0 Å². The molecule has 1 unspecified atom stereocenters. The van der Waals surface area contributed by atoms with Crippen LogP contribution in [0.1, 0.15) is 22.1 Å². The van der Waals surface area contributed by atoms with Crippen LogP contribution in [0.15, 0.2) is 66.9 Å². The number of halogens is 1. The molecule has 1 atom stereocenters. The third kappa shape index (κ3) is 3.70. The number of amides is 1. The van der Waals surface area contributed by atoms with Crippen LogP contribution in [0, 0.1) is 0 Å². The summed E-state index contributed by atoms with van der Waals surface area (Å²) in [4.78, 5) is 23.9. The van der Waals surface area contributed by atoms with E-state index in [0.29, 0.717) is 16.3 Å². The molecule has 3 aromatic rings. The highest BCUT2D eigenvalue weighted by Crippen LogP contribution is 2.19. The number of carboxylic acid groups (broad SMARTS) is 1. The van der Waals surface area contributed by atoms with Gasteiger partial charge in [-0.25, -0.2) is 9.48 Å². The first-order chi connectivity index (χ1) is 12.1. The molecule has 6 nitrogen and oxygen atoms in total. The molecule has 0 saturated heterocycles. The molecule has 25 heavy (non-hydrogen) atoms. The lowest BCUT2D eigenvalue weighted by molar-refractivity contribution is -0.139. The standard InChI is InChI=1S/C18H14ClN3O3/c19-13-8-4-5-9-15(13)22-11-10-14(21-22)17(23)20-16(18(24)25)12-6-2-1-3-7-12/h1-11,16H,(H,20,23)(H,24,25). The predicted octanol–water partition coefficient (Wildman–Crippen LogP) is 3.08. The van der Waals surface area contributed by atoms with Crippen LogP contribution in [0.3, 0.4) is 0 Å². The molecule has 3 rings (SSSR count). The second-order valence-corrected chi connectivity index (χ2v) is 5.66. The molecule has 0 fully saturated rings. The highest BCUT2D eigenvalue weighted by Gasteiger charge is 2.23. The summed E-state index contributed by atoms with van der Waals surface area (Å²) >= 11 is 6.11. The van der Waals surface area contributed by atoms with Gasteiger partial charge >= 0.3 is 5.97 Å². The molecule has 0 saturated carbocycles. The highest BCUT2D eigenvalue weighted by molar-refractivity contribution is 6.32. The van der Waals surface area contributed by atoms with E-state index in [-0.39, 0.29) is 5.69 Å². The molecule has 0 bridgehead atoms. The Morgan fingerprint density at radius 2 is 1.72 bits per heavy atom. The van der Waals surface area contributed by atoms with Crippen LogP contribution in [0.5, 0.6) is 0 Å². The normalized spacial score (nSPS) is 11.7. The van der Waals surface area contributed by atoms with Gasteiger partial charge in [-0.05, 0) is 23.8 Å². The third-order valence-electron chi connectivity index (χ3n) is 3.58. The minimum Gasteiger partial charge on any atom is -0.479 e. The fraction of sp³-hybridized carbons (Fsp3) is 0.0556. The van der Waals surface area contributed by atoms with E-state index in [4.69, 9.17) is 11.6 Å². The van der Waals surface area contributed by atoms with Crippen LogP contribution in [-0.2, 0) is 4.79 Å². The zero-order valence-corrected chi connectivity index (χ0v) is 13.7. The molecule has 2 aromatic carbocycles. The highest BCUT2D eigenvalue weighted by atomic mass is 35.5. The number of aromatic nitrogens is 2. The van der Waals surface area contributed by atoms with Crippen molar-refractivity contribution in [3.05, 3.63) is 83.1 Å². The minimum absolute atomic E-state index is 0.0992. The van der Waals surface area contributed by atoms with Crippen LogP contribution >= 0.6 is 11.6 Å². The van der Waals surface area contributed by atoms with Crippen LogP contribution in [0.25, 0.3) is 5.69 Å². The van der Waals surface area contributed by atoms with E-state index in [2.05, 4.69) is 10.4 Å². The number of aliphatic carboxylic acids is 1. The van der Waals surface area contributed by atoms with Crippen molar-refractivity contribution in [2.45, 2.75) is 6.04 Å². The van der Waals surface area contributed by atoms with E-state index in [0.717, 1.165) is 0 Å². The number of hydrogen-bond donors (Lipinski definition) is 2. The Morgan fingerprint density at radius 1 is 1.04 bits per heavy atom. The van der Waals surface area contributed by atoms with Gasteiger partial charge in [0.05, 0.1) is 10.7 Å². The van der Waals surface area contributed by atoms with E-state index in [1.807, 2.05) is 0 Å². The molecule has 7 heteroatoms. The van der Waals surface area contributed by atoms with Crippen molar-refractivity contribution < 1.29 is 14.7 Å². The van der Waals surface area contributed by atoms with Gasteiger partial charge in [-0.1, -0.05) is 54.1 Å². The molecule has 0 aliphatic heterocycles. The molecule has 1 aromatic heterocycles. The fourth-order valence-corrected chi connectivity index (χ4v) is 2.58. The molecular weight excluding hydrogens is 342 g/mol. The molecule has 2 N–H and O–H groups in total. The van der Waals surface area contributed by atoms with Crippen molar-refractivity contribution in [2.24, 2.45) is 0 Å². The van der Waals surface area contributed by atoms with Gasteiger partial charge in [0.15, 0.2) is 11.7 Å². The zero-order chi connectivity index (χ0) is 17.8. The number of carbonyl (C=O) groups excluding carboxylic acids is 1. The Balaban J connectivity index is 1.82. The summed E-state index contributed by atoms with van der Waals surface area (Å²) in [7, 11) is 0. The first-order valence-corrected chi connectivity index (χ1v) is 7.83. The average molecular weight is 356 g/mol. The molecule has 126 valence electrons. The summed E-state index contributed by atoms with van der Waals surface area (Å²) in [6.07, 6.45) is 1.59. The van der Waals surface area contributed by atoms with E-state index < -0.39 is 17.9 Å². The van der Waals surface area contributed by atoms with E-state index >= 15 is 0 Å². The first kappa shape index (κ1) is 16.7. The topological polar surface area (TPSA) is 84.2 Å². The van der Waals surface area contributed by atoms with E-state index in [1.54, 1.807) is 60.8 Å². The third-order valence-corrected chi connectivity index (χ3v) is 3.90. The number of benzene rings is 2. The van der Waals surface area contributed by atoms with Gasteiger partial charge in [-0.15, -0.1) is 0 Å². The monoisotopic (exact) mass is 355 g/mol. The number of hydrogen-bond acceptors (Lipinski definition) is 3. The molecule has 0 aliphatic carbocycles. The number of para-hydroxylation sites is 1. The molecule has 0 spiro atoms. The Labute approximate surface area is 148 Å². The lowest BCUT2D eigenvalue weighted by atomic mass is 10.1. The SMILES string of the molecule is O=C(NC(C(=O)O)c1ccccc1)c1ccn(-c2ccccc2Cl)n1. The predicted molar refractivity (Wildman–Crippen MR) is 92.9 cm³/mol. The van der Waals surface area contributed by atoms with Crippen LogP contribution < -0.4 is 5.32 Å². The van der Waals surface area contributed by atoms with Crippen molar-refractivity contribution >= 4 is 23.5 Å². The Bertz CT molecular complexity index is 909. The lowest BCUT2D eigenvalue weighted by Crippen LogP contribution is -2.34. The maximum absolute atomic E-state index is 12.4. The van der Waals surface area contributed by atoms with Crippen LogP contribution in [0.4, 0.5) is 0 Å². The maximum Gasteiger partial charge on any atom is 0.330 e.